The summed E-state index contributed by atoms with van der Waals surface area (Å²) in [5, 5.41) is 2.78. The fourth-order valence-corrected chi connectivity index (χ4v) is 3.05. The van der Waals surface area contributed by atoms with E-state index < -0.39 is 35.5 Å². The second-order valence-electron chi connectivity index (χ2n) is 5.67. The lowest BCUT2D eigenvalue weighted by atomic mass is 10.0. The Morgan fingerprint density at radius 3 is 2.52 bits per heavy atom. The lowest BCUT2D eigenvalue weighted by Crippen LogP contribution is -2.54. The van der Waals surface area contributed by atoms with Gasteiger partial charge in [0, 0.05) is 11.8 Å². The van der Waals surface area contributed by atoms with E-state index in [-0.39, 0.29) is 36.3 Å². The molecule has 4 amide bonds. The Hall–Kier alpha value is -2.29. The van der Waals surface area contributed by atoms with Crippen molar-refractivity contribution in [2.75, 3.05) is 11.9 Å². The summed E-state index contributed by atoms with van der Waals surface area (Å²) in [4.78, 5) is 49.1. The van der Waals surface area contributed by atoms with Crippen LogP contribution in [0.4, 0.5) is 4.39 Å². The molecule has 1 atom stereocenters. The summed E-state index contributed by atoms with van der Waals surface area (Å²) >= 11 is 3.23. The largest absolute Gasteiger partial charge is 0.490 e. The van der Waals surface area contributed by atoms with Gasteiger partial charge in [0.05, 0.1) is 17.7 Å². The molecule has 3 rings (SSSR count). The molecule has 1 aromatic carbocycles. The van der Waals surface area contributed by atoms with Gasteiger partial charge in [-0.05, 0) is 25.0 Å². The number of nitrogens with one attached hydrogen (secondary N) is 1. The van der Waals surface area contributed by atoms with Gasteiger partial charge in [-0.3, -0.25) is 29.4 Å². The van der Waals surface area contributed by atoms with Crippen LogP contribution in [0, 0.1) is 5.82 Å². The number of carbonyl (C=O) groups is 4. The highest BCUT2D eigenvalue weighted by molar-refractivity contribution is 9.09. The molecule has 0 spiro atoms. The lowest BCUT2D eigenvalue weighted by molar-refractivity contribution is -0.136. The van der Waals surface area contributed by atoms with Gasteiger partial charge in [0.15, 0.2) is 11.6 Å². The van der Waals surface area contributed by atoms with Gasteiger partial charge >= 0.3 is 0 Å². The van der Waals surface area contributed by atoms with Crippen molar-refractivity contribution in [2.24, 2.45) is 0 Å². The van der Waals surface area contributed by atoms with Gasteiger partial charge < -0.3 is 4.74 Å². The summed E-state index contributed by atoms with van der Waals surface area (Å²) in [6.07, 6.45) is 0.720. The van der Waals surface area contributed by atoms with E-state index in [4.69, 9.17) is 4.74 Å². The number of benzene rings is 1. The third-order valence-electron chi connectivity index (χ3n) is 4.03. The minimum Gasteiger partial charge on any atom is -0.490 e. The van der Waals surface area contributed by atoms with Gasteiger partial charge in [0.25, 0.3) is 11.8 Å². The predicted molar refractivity (Wildman–Crippen MR) is 87.0 cm³/mol. The average molecular weight is 413 g/mol. The molecule has 1 N–H and O–H groups in total. The highest BCUT2D eigenvalue weighted by atomic mass is 79.9. The Kier molecular flexibility index (Phi) is 4.85. The Morgan fingerprint density at radius 1 is 1.20 bits per heavy atom. The Bertz CT molecular complexity index is 782. The van der Waals surface area contributed by atoms with Crippen LogP contribution >= 0.6 is 15.9 Å². The van der Waals surface area contributed by atoms with Crippen molar-refractivity contribution < 1.29 is 28.3 Å². The van der Waals surface area contributed by atoms with Crippen LogP contribution in [0.15, 0.2) is 12.1 Å². The van der Waals surface area contributed by atoms with Gasteiger partial charge in [-0.25, -0.2) is 4.39 Å². The third-order valence-corrected chi connectivity index (χ3v) is 4.59. The average Bonchev–Trinajstić information content (AvgIpc) is 2.79. The van der Waals surface area contributed by atoms with E-state index in [1.165, 1.54) is 6.07 Å². The molecular weight excluding hydrogens is 399 g/mol. The fourth-order valence-electron chi connectivity index (χ4n) is 2.82. The van der Waals surface area contributed by atoms with Crippen molar-refractivity contribution >= 4 is 39.6 Å². The normalized spacial score (nSPS) is 19.9. The summed E-state index contributed by atoms with van der Waals surface area (Å²) in [7, 11) is 0. The first-order valence-corrected chi connectivity index (χ1v) is 8.80. The second kappa shape index (κ2) is 6.91. The number of fused-ring (bicyclic) bond motifs is 1. The monoisotopic (exact) mass is 412 g/mol. The maximum Gasteiger partial charge on any atom is 0.262 e. The van der Waals surface area contributed by atoms with Gasteiger partial charge in [-0.15, -0.1) is 0 Å². The van der Waals surface area contributed by atoms with E-state index in [9.17, 15) is 23.6 Å². The molecule has 7 nitrogen and oxygen atoms in total. The fraction of sp³-hybridized carbons (Fsp3) is 0.375. The number of carbonyl (C=O) groups excluding carboxylic acids is 4. The predicted octanol–water partition coefficient (Wildman–Crippen LogP) is 1.39. The summed E-state index contributed by atoms with van der Waals surface area (Å²) in [6.45, 7) is 0.250. The molecule has 1 unspecified atom stereocenters. The number of rotatable bonds is 5. The standard InChI is InChI=1S/C16H14BrFN2O5/c17-4-1-5-25-12-7-9-8(6-10(12)18)15(23)20(16(9)24)11-2-3-13(21)19-14(11)22/h6-7,11H,1-5H2,(H,19,21,22). The number of piperidine rings is 1. The topological polar surface area (TPSA) is 92.8 Å². The van der Waals surface area contributed by atoms with E-state index in [0.717, 1.165) is 11.0 Å². The molecule has 0 saturated carbocycles. The molecule has 2 aliphatic rings. The first-order chi connectivity index (χ1) is 11.9. The zero-order chi connectivity index (χ0) is 18.1. The lowest BCUT2D eigenvalue weighted by Gasteiger charge is -2.27. The van der Waals surface area contributed by atoms with Crippen LogP contribution in [0.3, 0.4) is 0 Å². The SMILES string of the molecule is O=C1CCC(N2C(=O)c3cc(F)c(OCCCBr)cc3C2=O)C(=O)N1. The Balaban J connectivity index is 1.88. The van der Waals surface area contributed by atoms with E-state index in [1.54, 1.807) is 0 Å². The van der Waals surface area contributed by atoms with Crippen LogP contribution in [-0.2, 0) is 9.59 Å². The minimum absolute atomic E-state index is 0.00931. The quantitative estimate of drug-likeness (QED) is 0.448. The van der Waals surface area contributed by atoms with Crippen molar-refractivity contribution in [1.82, 2.24) is 10.2 Å². The number of ether oxygens (including phenoxy) is 1. The molecule has 0 aromatic heterocycles. The molecule has 1 fully saturated rings. The maximum atomic E-state index is 14.1. The number of nitrogens with zero attached hydrogens (tertiary/aromatic N) is 1. The molecule has 2 aliphatic heterocycles. The van der Waals surface area contributed by atoms with Crippen LogP contribution in [0.5, 0.6) is 5.75 Å². The highest BCUT2D eigenvalue weighted by Gasteiger charge is 2.45. The third kappa shape index (κ3) is 3.15. The molecule has 2 heterocycles. The molecule has 25 heavy (non-hydrogen) atoms. The van der Waals surface area contributed by atoms with E-state index in [0.29, 0.717) is 11.8 Å². The molecule has 0 radical (unpaired) electrons. The van der Waals surface area contributed by atoms with Crippen LogP contribution in [0.1, 0.15) is 40.0 Å². The number of alkyl halides is 1. The van der Waals surface area contributed by atoms with Gasteiger partial charge in [-0.1, -0.05) is 15.9 Å². The minimum atomic E-state index is -1.08. The Morgan fingerprint density at radius 2 is 1.88 bits per heavy atom. The van der Waals surface area contributed by atoms with Crippen LogP contribution < -0.4 is 10.1 Å². The van der Waals surface area contributed by atoms with Crippen molar-refractivity contribution in [3.8, 4) is 5.75 Å². The van der Waals surface area contributed by atoms with Crippen LogP contribution in [0.2, 0.25) is 0 Å². The second-order valence-corrected chi connectivity index (χ2v) is 6.46. The highest BCUT2D eigenvalue weighted by Crippen LogP contribution is 2.32. The molecule has 0 aliphatic carbocycles. The first kappa shape index (κ1) is 17.5. The number of imide groups is 2. The van der Waals surface area contributed by atoms with Crippen LogP contribution in [0.25, 0.3) is 0 Å². The molecule has 9 heteroatoms. The molecule has 1 saturated heterocycles. The summed E-state index contributed by atoms with van der Waals surface area (Å²) in [5.74, 6) is -3.47. The van der Waals surface area contributed by atoms with Crippen LogP contribution in [-0.4, -0.2) is 46.5 Å². The van der Waals surface area contributed by atoms with Crippen molar-refractivity contribution in [3.63, 3.8) is 0 Å². The van der Waals surface area contributed by atoms with Crippen molar-refractivity contribution in [3.05, 3.63) is 29.1 Å². The van der Waals surface area contributed by atoms with E-state index >= 15 is 0 Å². The summed E-state index contributed by atoms with van der Waals surface area (Å²) < 4.78 is 19.4. The van der Waals surface area contributed by atoms with Gasteiger partial charge in [0.2, 0.25) is 11.8 Å². The summed E-state index contributed by atoms with van der Waals surface area (Å²) in [6, 6.07) is 1.06. The smallest absolute Gasteiger partial charge is 0.262 e. The van der Waals surface area contributed by atoms with E-state index in [1.807, 2.05) is 0 Å². The molecule has 132 valence electrons. The van der Waals surface area contributed by atoms with E-state index in [2.05, 4.69) is 21.2 Å². The zero-order valence-electron chi connectivity index (χ0n) is 13.0. The number of hydrogen-bond acceptors (Lipinski definition) is 5. The number of halogens is 2. The Labute approximate surface area is 150 Å². The van der Waals surface area contributed by atoms with Gasteiger partial charge in [0.1, 0.15) is 6.04 Å². The molecular formula is C16H14BrFN2O5. The van der Waals surface area contributed by atoms with Gasteiger partial charge in [-0.2, -0.15) is 0 Å². The zero-order valence-corrected chi connectivity index (χ0v) is 14.6. The maximum absolute atomic E-state index is 14.1. The number of hydrogen-bond donors (Lipinski definition) is 1. The molecule has 0 bridgehead atoms. The molecule has 1 aromatic rings. The number of amides is 4. The van der Waals surface area contributed by atoms with Crippen molar-refractivity contribution in [1.29, 1.82) is 0 Å². The first-order valence-electron chi connectivity index (χ1n) is 7.68. The summed E-state index contributed by atoms with van der Waals surface area (Å²) in [5.41, 5.74) is -0.120. The van der Waals surface area contributed by atoms with Crippen molar-refractivity contribution in [2.45, 2.75) is 25.3 Å².